The molecular formula is C11H17N5. The lowest BCUT2D eigenvalue weighted by Crippen LogP contribution is -2.30. The molecule has 86 valence electrons. The summed E-state index contributed by atoms with van der Waals surface area (Å²) in [5.74, 6) is -0.0863. The van der Waals surface area contributed by atoms with Gasteiger partial charge in [0, 0.05) is 12.7 Å². The summed E-state index contributed by atoms with van der Waals surface area (Å²) in [4.78, 5) is 5.31. The van der Waals surface area contributed by atoms with Crippen molar-refractivity contribution in [3.05, 3.63) is 29.8 Å². The van der Waals surface area contributed by atoms with Crippen LogP contribution in [-0.4, -0.2) is 19.0 Å². The van der Waals surface area contributed by atoms with Crippen molar-refractivity contribution in [2.24, 2.45) is 16.5 Å². The molecule has 0 aliphatic rings. The zero-order valence-corrected chi connectivity index (χ0v) is 9.57. The van der Waals surface area contributed by atoms with Crippen LogP contribution in [0.4, 0.5) is 5.69 Å². The Morgan fingerprint density at radius 2 is 2.12 bits per heavy atom. The molecule has 0 bridgehead atoms. The minimum Gasteiger partial charge on any atom is -0.370 e. The fraction of sp³-hybridized carbons (Fsp3) is 0.273. The normalized spacial score (nSPS) is 9.62. The Labute approximate surface area is 95.3 Å². The highest BCUT2D eigenvalue weighted by Crippen LogP contribution is 2.15. The zero-order valence-electron chi connectivity index (χ0n) is 9.57. The van der Waals surface area contributed by atoms with Crippen LogP contribution >= 0.6 is 0 Å². The Kier molecular flexibility index (Phi) is 3.88. The molecular weight excluding hydrogens is 202 g/mol. The predicted molar refractivity (Wildman–Crippen MR) is 67.8 cm³/mol. The molecule has 1 aromatic carbocycles. The molecule has 0 atom stereocenters. The van der Waals surface area contributed by atoms with Crippen molar-refractivity contribution < 1.29 is 0 Å². The average molecular weight is 219 g/mol. The second kappa shape index (κ2) is 5.16. The summed E-state index contributed by atoms with van der Waals surface area (Å²) in [5.41, 5.74) is 12.6. The van der Waals surface area contributed by atoms with Crippen molar-refractivity contribution in [3.63, 3.8) is 0 Å². The number of rotatable bonds is 2. The molecule has 1 rings (SSSR count). The second-order valence-electron chi connectivity index (χ2n) is 3.44. The summed E-state index contributed by atoms with van der Waals surface area (Å²) in [6.07, 6.45) is 0.956. The molecule has 0 aliphatic heterocycles. The Hall–Kier alpha value is -2.04. The molecule has 0 spiro atoms. The van der Waals surface area contributed by atoms with Crippen LogP contribution in [0, 0.1) is 5.41 Å². The second-order valence-corrected chi connectivity index (χ2v) is 3.44. The van der Waals surface area contributed by atoms with Crippen LogP contribution in [0.25, 0.3) is 0 Å². The number of nitrogens with zero attached hydrogens (tertiary/aromatic N) is 2. The molecule has 5 heteroatoms. The quantitative estimate of drug-likeness (QED) is 0.509. The highest BCUT2D eigenvalue weighted by atomic mass is 15.3. The Bertz CT molecular complexity index is 407. The summed E-state index contributed by atoms with van der Waals surface area (Å²) >= 11 is 0. The molecule has 16 heavy (non-hydrogen) atoms. The maximum atomic E-state index is 7.67. The number of anilines is 1. The van der Waals surface area contributed by atoms with Gasteiger partial charge in [0.25, 0.3) is 0 Å². The third-order valence-corrected chi connectivity index (χ3v) is 2.26. The first-order valence-corrected chi connectivity index (χ1v) is 5.05. The van der Waals surface area contributed by atoms with Crippen molar-refractivity contribution in [3.8, 4) is 0 Å². The fourth-order valence-corrected chi connectivity index (χ4v) is 1.30. The molecule has 5 N–H and O–H groups in total. The minimum absolute atomic E-state index is 0.0215. The monoisotopic (exact) mass is 219 g/mol. The lowest BCUT2D eigenvalue weighted by Gasteiger charge is -2.17. The Balaban J connectivity index is 2.91. The van der Waals surface area contributed by atoms with Crippen molar-refractivity contribution in [2.75, 3.05) is 11.9 Å². The largest absolute Gasteiger partial charge is 0.370 e. The number of hydrogen-bond acceptors (Lipinski definition) is 1. The van der Waals surface area contributed by atoms with Crippen molar-refractivity contribution in [2.45, 2.75) is 13.3 Å². The molecule has 0 fully saturated rings. The predicted octanol–water partition coefficient (Wildman–Crippen LogP) is 0.893. The lowest BCUT2D eigenvalue weighted by molar-refractivity contribution is 1.12. The molecule has 0 saturated heterocycles. The summed E-state index contributed by atoms with van der Waals surface area (Å²) in [7, 11) is 1.75. The van der Waals surface area contributed by atoms with Gasteiger partial charge >= 0.3 is 0 Å². The molecule has 0 unspecified atom stereocenters. The smallest absolute Gasteiger partial charge is 0.225 e. The van der Waals surface area contributed by atoms with Gasteiger partial charge in [0.1, 0.15) is 0 Å². The summed E-state index contributed by atoms with van der Waals surface area (Å²) in [6.45, 7) is 2.08. The summed E-state index contributed by atoms with van der Waals surface area (Å²) < 4.78 is 0. The fourth-order valence-electron chi connectivity index (χ4n) is 1.30. The van der Waals surface area contributed by atoms with Gasteiger partial charge in [-0.25, -0.2) is 0 Å². The summed E-state index contributed by atoms with van der Waals surface area (Å²) in [5, 5.41) is 7.67. The number of guanidine groups is 2. The van der Waals surface area contributed by atoms with Gasteiger partial charge in [-0.15, -0.1) is 0 Å². The Morgan fingerprint density at radius 1 is 1.44 bits per heavy atom. The first kappa shape index (κ1) is 12.0. The van der Waals surface area contributed by atoms with Crippen LogP contribution in [0.5, 0.6) is 0 Å². The van der Waals surface area contributed by atoms with Gasteiger partial charge in [0.05, 0.1) is 0 Å². The van der Waals surface area contributed by atoms with E-state index in [2.05, 4.69) is 11.9 Å². The van der Waals surface area contributed by atoms with E-state index >= 15 is 0 Å². The van der Waals surface area contributed by atoms with Crippen molar-refractivity contribution in [1.82, 2.24) is 0 Å². The number of benzene rings is 1. The number of nitrogens with one attached hydrogen (secondary N) is 1. The van der Waals surface area contributed by atoms with Gasteiger partial charge in [0.15, 0.2) is 5.96 Å². The van der Waals surface area contributed by atoms with Crippen LogP contribution in [0.2, 0.25) is 0 Å². The van der Waals surface area contributed by atoms with Crippen LogP contribution in [0.3, 0.4) is 0 Å². The van der Waals surface area contributed by atoms with Crippen molar-refractivity contribution in [1.29, 1.82) is 5.41 Å². The third kappa shape index (κ3) is 2.98. The highest BCUT2D eigenvalue weighted by Gasteiger charge is 2.06. The van der Waals surface area contributed by atoms with Crippen LogP contribution in [0.15, 0.2) is 29.3 Å². The van der Waals surface area contributed by atoms with Crippen LogP contribution in [-0.2, 0) is 6.42 Å². The maximum absolute atomic E-state index is 7.67. The van der Waals surface area contributed by atoms with Gasteiger partial charge < -0.3 is 16.4 Å². The van der Waals surface area contributed by atoms with E-state index in [1.54, 1.807) is 11.9 Å². The summed E-state index contributed by atoms with van der Waals surface area (Å²) in [6, 6.07) is 7.92. The van der Waals surface area contributed by atoms with E-state index in [9.17, 15) is 0 Å². The Morgan fingerprint density at radius 3 is 2.69 bits per heavy atom. The molecule has 5 nitrogen and oxygen atoms in total. The first-order valence-electron chi connectivity index (χ1n) is 5.05. The van der Waals surface area contributed by atoms with Crippen LogP contribution in [0.1, 0.15) is 12.5 Å². The van der Waals surface area contributed by atoms with Gasteiger partial charge in [-0.05, 0) is 24.1 Å². The molecule has 0 aromatic heterocycles. The van der Waals surface area contributed by atoms with Gasteiger partial charge in [-0.3, -0.25) is 5.41 Å². The highest BCUT2D eigenvalue weighted by molar-refractivity contribution is 6.00. The number of aliphatic imine (C=N–C) groups is 1. The average Bonchev–Trinajstić information content (AvgIpc) is 2.27. The number of nitrogens with two attached hydrogens (primary N) is 2. The van der Waals surface area contributed by atoms with E-state index in [0.29, 0.717) is 0 Å². The van der Waals surface area contributed by atoms with E-state index in [0.717, 1.165) is 12.1 Å². The molecule has 1 aromatic rings. The van der Waals surface area contributed by atoms with E-state index in [-0.39, 0.29) is 11.9 Å². The molecule has 0 aliphatic carbocycles. The topological polar surface area (TPSA) is 91.5 Å². The van der Waals surface area contributed by atoms with Gasteiger partial charge in [-0.2, -0.15) is 4.99 Å². The number of aryl methyl sites for hydroxylation is 1. The molecule has 0 heterocycles. The van der Waals surface area contributed by atoms with E-state index in [4.69, 9.17) is 16.9 Å². The number of hydrogen-bond donors (Lipinski definition) is 3. The lowest BCUT2D eigenvalue weighted by atomic mass is 10.1. The van der Waals surface area contributed by atoms with Crippen molar-refractivity contribution >= 4 is 17.6 Å². The third-order valence-electron chi connectivity index (χ3n) is 2.26. The zero-order chi connectivity index (χ0) is 12.1. The SMILES string of the molecule is CCc1cccc(N(C)C(=N)N=C(N)N)c1. The molecule has 0 saturated carbocycles. The molecule has 0 radical (unpaired) electrons. The molecule has 0 amide bonds. The van der Waals surface area contributed by atoms with E-state index in [1.165, 1.54) is 5.56 Å². The van der Waals surface area contributed by atoms with Gasteiger partial charge in [0.2, 0.25) is 5.96 Å². The maximum Gasteiger partial charge on any atom is 0.225 e. The van der Waals surface area contributed by atoms with Crippen LogP contribution < -0.4 is 16.4 Å². The van der Waals surface area contributed by atoms with E-state index in [1.807, 2.05) is 24.3 Å². The first-order chi connectivity index (χ1) is 7.54. The van der Waals surface area contributed by atoms with E-state index < -0.39 is 0 Å². The van der Waals surface area contributed by atoms with Gasteiger partial charge in [-0.1, -0.05) is 19.1 Å². The minimum atomic E-state index is -0.108. The standard InChI is InChI=1S/C11H17N5/c1-3-8-5-4-6-9(7-8)16(2)11(14)15-10(12)13/h4-7H,3H2,1-2H3,(H5,12,13,14,15).